The van der Waals surface area contributed by atoms with Crippen LogP contribution >= 0.6 is 0 Å². The highest BCUT2D eigenvalue weighted by Gasteiger charge is 2.18. The van der Waals surface area contributed by atoms with Crippen molar-refractivity contribution in [1.82, 2.24) is 0 Å². The Kier molecular flexibility index (Phi) is 3.36. The first-order valence-electron chi connectivity index (χ1n) is 5.36. The summed E-state index contributed by atoms with van der Waals surface area (Å²) >= 11 is 0. The summed E-state index contributed by atoms with van der Waals surface area (Å²) in [7, 11) is -4.24. The van der Waals surface area contributed by atoms with E-state index in [2.05, 4.69) is 0 Å². The molecule has 0 radical (unpaired) electrons. The van der Waals surface area contributed by atoms with E-state index < -0.39 is 10.1 Å². The fourth-order valence-corrected chi connectivity index (χ4v) is 2.34. The first-order chi connectivity index (χ1) is 8.48. The fraction of sp³-hybridized carbons (Fsp3) is 0.0769. The van der Waals surface area contributed by atoms with Crippen LogP contribution in [0.1, 0.15) is 5.56 Å². The van der Waals surface area contributed by atoms with E-state index in [1.54, 1.807) is 41.6 Å². The van der Waals surface area contributed by atoms with Crippen LogP contribution in [-0.2, 0) is 10.1 Å². The van der Waals surface area contributed by atoms with E-state index in [-0.39, 0.29) is 4.90 Å². The number of rotatable bonds is 2. The Morgan fingerprint density at radius 1 is 1.06 bits per heavy atom. The molecule has 0 atom stereocenters. The molecule has 0 aliphatic carbocycles. The van der Waals surface area contributed by atoms with E-state index in [9.17, 15) is 13.0 Å². The van der Waals surface area contributed by atoms with E-state index in [1.807, 2.05) is 19.1 Å². The Morgan fingerprint density at radius 3 is 2.22 bits per heavy atom. The molecule has 0 saturated heterocycles. The van der Waals surface area contributed by atoms with Crippen molar-refractivity contribution < 1.29 is 13.0 Å². The van der Waals surface area contributed by atoms with Gasteiger partial charge in [0.1, 0.15) is 4.90 Å². The molecule has 5 heteroatoms. The number of benzene rings is 1. The molecule has 1 aromatic carbocycles. The highest BCUT2D eigenvalue weighted by molar-refractivity contribution is 7.86. The molecule has 1 aromatic rings. The summed E-state index contributed by atoms with van der Waals surface area (Å²) in [6, 6.07) is 4.76. The van der Waals surface area contributed by atoms with Crippen molar-refractivity contribution in [3.05, 3.63) is 60.5 Å². The lowest BCUT2D eigenvalue weighted by Gasteiger charge is -2.18. The largest absolute Gasteiger partial charge is 0.323 e. The molecule has 0 saturated carbocycles. The minimum absolute atomic E-state index is 0.107. The lowest BCUT2D eigenvalue weighted by atomic mass is 10.2. The average molecular weight is 263 g/mol. The zero-order chi connectivity index (χ0) is 13.2. The van der Waals surface area contributed by atoms with Gasteiger partial charge in [-0.2, -0.15) is 8.42 Å². The third kappa shape index (κ3) is 2.69. The SMILES string of the molecule is Cc1ccc(S(=O)(=O)O)c(N2C=CC=CC=C2)c1. The van der Waals surface area contributed by atoms with Gasteiger partial charge in [-0.25, -0.2) is 0 Å². The molecule has 0 aromatic heterocycles. The van der Waals surface area contributed by atoms with Crippen molar-refractivity contribution in [1.29, 1.82) is 0 Å². The van der Waals surface area contributed by atoms with Crippen LogP contribution in [0, 0.1) is 6.92 Å². The molecule has 1 N–H and O–H groups in total. The van der Waals surface area contributed by atoms with E-state index in [0.717, 1.165) is 5.56 Å². The van der Waals surface area contributed by atoms with E-state index in [0.29, 0.717) is 5.69 Å². The monoisotopic (exact) mass is 263 g/mol. The second-order valence-electron chi connectivity index (χ2n) is 3.92. The van der Waals surface area contributed by atoms with Gasteiger partial charge in [0, 0.05) is 12.4 Å². The predicted molar refractivity (Wildman–Crippen MR) is 70.9 cm³/mol. The van der Waals surface area contributed by atoms with Crippen molar-refractivity contribution in [3.8, 4) is 0 Å². The minimum Gasteiger partial charge on any atom is -0.323 e. The number of aryl methyl sites for hydroxylation is 1. The van der Waals surface area contributed by atoms with Crippen molar-refractivity contribution in [2.24, 2.45) is 0 Å². The zero-order valence-electron chi connectivity index (χ0n) is 9.82. The summed E-state index contributed by atoms with van der Waals surface area (Å²) in [5.41, 5.74) is 1.34. The maximum atomic E-state index is 11.4. The molecular weight excluding hydrogens is 250 g/mol. The normalized spacial score (nSPS) is 14.9. The van der Waals surface area contributed by atoms with Crippen molar-refractivity contribution in [2.45, 2.75) is 11.8 Å². The first kappa shape index (κ1) is 12.6. The van der Waals surface area contributed by atoms with Gasteiger partial charge in [0.25, 0.3) is 10.1 Å². The van der Waals surface area contributed by atoms with E-state index in [4.69, 9.17) is 0 Å². The van der Waals surface area contributed by atoms with Gasteiger partial charge in [-0.15, -0.1) is 0 Å². The van der Waals surface area contributed by atoms with Crippen LogP contribution in [0.25, 0.3) is 0 Å². The lowest BCUT2D eigenvalue weighted by molar-refractivity contribution is 0.483. The van der Waals surface area contributed by atoms with Crippen LogP contribution in [0.15, 0.2) is 59.8 Å². The van der Waals surface area contributed by atoms with Crippen LogP contribution in [0.5, 0.6) is 0 Å². The first-order valence-corrected chi connectivity index (χ1v) is 6.80. The Labute approximate surface area is 106 Å². The van der Waals surface area contributed by atoms with E-state index >= 15 is 0 Å². The van der Waals surface area contributed by atoms with Crippen LogP contribution in [-0.4, -0.2) is 13.0 Å². The van der Waals surface area contributed by atoms with Gasteiger partial charge in [0.15, 0.2) is 0 Å². The molecule has 1 aliphatic rings. The summed E-state index contributed by atoms with van der Waals surface area (Å²) in [5, 5.41) is 0. The van der Waals surface area contributed by atoms with Gasteiger partial charge in [0.2, 0.25) is 0 Å². The van der Waals surface area contributed by atoms with Crippen molar-refractivity contribution >= 4 is 15.8 Å². The average Bonchev–Trinajstić information content (AvgIpc) is 2.55. The molecule has 1 aliphatic heterocycles. The standard InChI is InChI=1S/C13H13NO3S/c1-11-6-7-13(18(15,16)17)12(10-11)14-8-4-2-3-5-9-14/h2-10H,1H3,(H,15,16,17). The third-order valence-corrected chi connectivity index (χ3v) is 3.40. The molecule has 0 spiro atoms. The van der Waals surface area contributed by atoms with E-state index in [1.165, 1.54) is 6.07 Å². The number of anilines is 1. The smallest absolute Gasteiger partial charge is 0.296 e. The summed E-state index contributed by atoms with van der Waals surface area (Å²) in [6.45, 7) is 1.86. The molecule has 0 amide bonds. The predicted octanol–water partition coefficient (Wildman–Crippen LogP) is 2.65. The highest BCUT2D eigenvalue weighted by atomic mass is 32.2. The minimum atomic E-state index is -4.24. The molecule has 0 fully saturated rings. The zero-order valence-corrected chi connectivity index (χ0v) is 10.6. The molecule has 0 unspecified atom stereocenters. The quantitative estimate of drug-likeness (QED) is 0.833. The molecule has 4 nitrogen and oxygen atoms in total. The number of nitrogens with zero attached hydrogens (tertiary/aromatic N) is 1. The van der Waals surface area contributed by atoms with Crippen molar-refractivity contribution in [2.75, 3.05) is 4.90 Å². The molecule has 94 valence electrons. The molecule has 18 heavy (non-hydrogen) atoms. The summed E-state index contributed by atoms with van der Waals surface area (Å²) in [6.07, 6.45) is 10.7. The fourth-order valence-electron chi connectivity index (χ4n) is 1.67. The highest BCUT2D eigenvalue weighted by Crippen LogP contribution is 2.27. The summed E-state index contributed by atoms with van der Waals surface area (Å²) < 4.78 is 32.0. The summed E-state index contributed by atoms with van der Waals surface area (Å²) in [5.74, 6) is 0. The van der Waals surface area contributed by atoms with Crippen LogP contribution < -0.4 is 4.90 Å². The number of hydrogen-bond acceptors (Lipinski definition) is 3. The summed E-state index contributed by atoms with van der Waals surface area (Å²) in [4.78, 5) is 1.54. The van der Waals surface area contributed by atoms with Crippen molar-refractivity contribution in [3.63, 3.8) is 0 Å². The topological polar surface area (TPSA) is 57.6 Å². The number of allylic oxidation sites excluding steroid dienone is 4. The van der Waals surface area contributed by atoms with Crippen LogP contribution in [0.3, 0.4) is 0 Å². The van der Waals surface area contributed by atoms with Crippen LogP contribution in [0.2, 0.25) is 0 Å². The second kappa shape index (κ2) is 4.80. The van der Waals surface area contributed by atoms with Gasteiger partial charge in [0.05, 0.1) is 5.69 Å². The third-order valence-electron chi connectivity index (χ3n) is 2.50. The van der Waals surface area contributed by atoms with Gasteiger partial charge >= 0.3 is 0 Å². The molecule has 1 heterocycles. The second-order valence-corrected chi connectivity index (χ2v) is 5.31. The Balaban J connectivity index is 2.59. The van der Waals surface area contributed by atoms with Gasteiger partial charge < -0.3 is 4.90 Å². The van der Waals surface area contributed by atoms with Gasteiger partial charge in [-0.3, -0.25) is 4.55 Å². The number of hydrogen-bond donors (Lipinski definition) is 1. The maximum absolute atomic E-state index is 11.4. The Morgan fingerprint density at radius 2 is 1.67 bits per heavy atom. The lowest BCUT2D eigenvalue weighted by Crippen LogP contribution is -2.12. The molecule has 0 bridgehead atoms. The van der Waals surface area contributed by atoms with Crippen LogP contribution in [0.4, 0.5) is 5.69 Å². The molecular formula is C13H13NO3S. The van der Waals surface area contributed by atoms with Gasteiger partial charge in [-0.1, -0.05) is 18.2 Å². The Bertz CT molecular complexity index is 626. The Hall–Kier alpha value is -1.85. The molecule has 2 rings (SSSR count). The van der Waals surface area contributed by atoms with Gasteiger partial charge in [-0.05, 0) is 36.8 Å². The maximum Gasteiger partial charge on any atom is 0.296 e.